The van der Waals surface area contributed by atoms with Crippen molar-refractivity contribution in [3.63, 3.8) is 0 Å². The van der Waals surface area contributed by atoms with Gasteiger partial charge in [-0.05, 0) is 75.1 Å². The van der Waals surface area contributed by atoms with Crippen molar-refractivity contribution in [3.8, 4) is 0 Å². The molecule has 0 aliphatic heterocycles. The Bertz CT molecular complexity index is 730. The van der Waals surface area contributed by atoms with Crippen LogP contribution in [0.4, 0.5) is 0 Å². The standard InChI is InChI=1S/C16H24.C12H20.4C2H6/c1-6-8-13(4)15(7-2)16-11-12(3)9-10-14(16)5;1-9(2)10(3)8-11(4)12(5,6)7;4*1-2/h9-11H,6-8H2,1-5H3;8H,1,3H2,2,4-7H3;4*1-2H3/b15-13+;11-8+;;;;. The first-order chi connectivity index (χ1) is 16.8. The zero-order valence-corrected chi connectivity index (χ0v) is 28.3. The van der Waals surface area contributed by atoms with E-state index in [2.05, 4.69) is 99.7 Å². The van der Waals surface area contributed by atoms with Gasteiger partial charge in [-0.3, -0.25) is 0 Å². The molecule has 0 N–H and O–H groups in total. The minimum absolute atomic E-state index is 0.235. The van der Waals surface area contributed by atoms with Crippen molar-refractivity contribution < 1.29 is 0 Å². The van der Waals surface area contributed by atoms with E-state index < -0.39 is 0 Å². The van der Waals surface area contributed by atoms with Crippen LogP contribution in [0.1, 0.15) is 147 Å². The number of hydrogen-bond acceptors (Lipinski definition) is 0. The van der Waals surface area contributed by atoms with E-state index in [4.69, 9.17) is 0 Å². The Morgan fingerprint density at radius 1 is 0.806 bits per heavy atom. The molecule has 212 valence electrons. The molecule has 0 bridgehead atoms. The molecule has 0 heteroatoms. The van der Waals surface area contributed by atoms with Crippen LogP contribution >= 0.6 is 0 Å². The molecule has 0 nitrogen and oxygen atoms in total. The summed E-state index contributed by atoms with van der Waals surface area (Å²) in [5, 5.41) is 0. The van der Waals surface area contributed by atoms with Crippen molar-refractivity contribution in [2.24, 2.45) is 5.41 Å². The number of hydrogen-bond donors (Lipinski definition) is 0. The molecule has 0 radical (unpaired) electrons. The van der Waals surface area contributed by atoms with Gasteiger partial charge in [0.15, 0.2) is 0 Å². The second kappa shape index (κ2) is 27.8. The predicted molar refractivity (Wildman–Crippen MR) is 176 cm³/mol. The Labute approximate surface area is 231 Å². The minimum atomic E-state index is 0.235. The lowest BCUT2D eigenvalue weighted by Crippen LogP contribution is -2.06. The summed E-state index contributed by atoms with van der Waals surface area (Å²) in [6.07, 6.45) is 5.70. The van der Waals surface area contributed by atoms with E-state index in [1.165, 1.54) is 35.1 Å². The largest absolute Gasteiger partial charge is 0.0955 e. The van der Waals surface area contributed by atoms with Crippen LogP contribution in [-0.2, 0) is 0 Å². The van der Waals surface area contributed by atoms with Gasteiger partial charge in [0, 0.05) is 0 Å². The maximum atomic E-state index is 3.93. The van der Waals surface area contributed by atoms with Crippen LogP contribution in [0.5, 0.6) is 0 Å². The molecule has 0 saturated heterocycles. The molecule has 1 rings (SSSR count). The molecule has 0 heterocycles. The number of rotatable bonds is 6. The van der Waals surface area contributed by atoms with Gasteiger partial charge in [0.2, 0.25) is 0 Å². The second-order valence-corrected chi connectivity index (χ2v) is 9.06. The van der Waals surface area contributed by atoms with E-state index in [9.17, 15) is 0 Å². The smallest absolute Gasteiger partial charge is 0.0172 e. The highest BCUT2D eigenvalue weighted by molar-refractivity contribution is 5.71. The van der Waals surface area contributed by atoms with Crippen LogP contribution in [-0.4, -0.2) is 0 Å². The van der Waals surface area contributed by atoms with Gasteiger partial charge in [-0.15, -0.1) is 0 Å². The highest BCUT2D eigenvalue weighted by atomic mass is 14.2. The zero-order chi connectivity index (χ0) is 30.1. The first-order valence-electron chi connectivity index (χ1n) is 14.6. The summed E-state index contributed by atoms with van der Waals surface area (Å²) >= 11 is 0. The van der Waals surface area contributed by atoms with E-state index in [0.717, 1.165) is 17.6 Å². The van der Waals surface area contributed by atoms with Crippen LogP contribution in [0.2, 0.25) is 0 Å². The van der Waals surface area contributed by atoms with Crippen molar-refractivity contribution in [2.75, 3.05) is 0 Å². The molecule has 0 saturated carbocycles. The summed E-state index contributed by atoms with van der Waals surface area (Å²) in [4.78, 5) is 0. The molecular formula is C36H68. The topological polar surface area (TPSA) is 0 Å². The van der Waals surface area contributed by atoms with Crippen LogP contribution in [0.3, 0.4) is 0 Å². The SMILES string of the molecule is C=C(C)C(=C)/C=C(\C)C(C)(C)C.CC.CC.CC.CC.CCC/C(C)=C(\CC)c1cc(C)ccc1C. The first kappa shape index (κ1) is 44.2. The summed E-state index contributed by atoms with van der Waals surface area (Å²) in [5.74, 6) is 0. The molecular weight excluding hydrogens is 432 g/mol. The quantitative estimate of drug-likeness (QED) is 0.341. The summed E-state index contributed by atoms with van der Waals surface area (Å²) in [5.41, 5.74) is 11.0. The first-order valence-corrected chi connectivity index (χ1v) is 14.6. The van der Waals surface area contributed by atoms with Crippen molar-refractivity contribution in [2.45, 2.75) is 144 Å². The van der Waals surface area contributed by atoms with Crippen LogP contribution in [0.15, 0.2) is 59.7 Å². The van der Waals surface area contributed by atoms with Crippen molar-refractivity contribution in [1.82, 2.24) is 0 Å². The van der Waals surface area contributed by atoms with Crippen molar-refractivity contribution >= 4 is 5.57 Å². The molecule has 0 atom stereocenters. The average Bonchev–Trinajstić information content (AvgIpc) is 2.86. The molecule has 0 aromatic heterocycles. The van der Waals surface area contributed by atoms with E-state index in [1.54, 1.807) is 11.1 Å². The lowest BCUT2D eigenvalue weighted by molar-refractivity contribution is 0.504. The maximum Gasteiger partial charge on any atom is -0.0172 e. The van der Waals surface area contributed by atoms with Crippen molar-refractivity contribution in [3.05, 3.63) is 76.4 Å². The maximum absolute atomic E-state index is 3.93. The molecule has 0 aliphatic carbocycles. The van der Waals surface area contributed by atoms with Gasteiger partial charge in [-0.1, -0.05) is 156 Å². The number of aryl methyl sites for hydroxylation is 2. The molecule has 0 unspecified atom stereocenters. The van der Waals surface area contributed by atoms with E-state index in [-0.39, 0.29) is 5.41 Å². The highest BCUT2D eigenvalue weighted by Crippen LogP contribution is 2.28. The van der Waals surface area contributed by atoms with E-state index in [1.807, 2.05) is 62.3 Å². The van der Waals surface area contributed by atoms with Gasteiger partial charge < -0.3 is 0 Å². The lowest BCUT2D eigenvalue weighted by atomic mass is 9.86. The summed E-state index contributed by atoms with van der Waals surface area (Å²) < 4.78 is 0. The van der Waals surface area contributed by atoms with Gasteiger partial charge in [0.25, 0.3) is 0 Å². The zero-order valence-electron chi connectivity index (χ0n) is 28.3. The van der Waals surface area contributed by atoms with Gasteiger partial charge in [0.05, 0.1) is 0 Å². The summed E-state index contributed by atoms with van der Waals surface area (Å²) in [6.45, 7) is 45.7. The fourth-order valence-electron chi connectivity index (χ4n) is 2.91. The molecule has 1 aromatic carbocycles. The third-order valence-corrected chi connectivity index (χ3v) is 5.33. The molecule has 0 aliphatic rings. The highest BCUT2D eigenvalue weighted by Gasteiger charge is 2.12. The second-order valence-electron chi connectivity index (χ2n) is 9.06. The Hall–Kier alpha value is -1.82. The number of allylic oxidation sites excluding steroid dienone is 6. The predicted octanol–water partition coefficient (Wildman–Crippen LogP) is 13.5. The molecule has 0 fully saturated rings. The van der Waals surface area contributed by atoms with E-state index in [0.29, 0.717) is 0 Å². The van der Waals surface area contributed by atoms with Crippen LogP contribution in [0.25, 0.3) is 5.57 Å². The number of benzene rings is 1. The average molecular weight is 501 g/mol. The van der Waals surface area contributed by atoms with Gasteiger partial charge in [-0.2, -0.15) is 0 Å². The third kappa shape index (κ3) is 21.5. The summed E-state index contributed by atoms with van der Waals surface area (Å²) in [6, 6.07) is 6.76. The monoisotopic (exact) mass is 501 g/mol. The fraction of sp³-hybridized carbons (Fsp3) is 0.611. The Morgan fingerprint density at radius 3 is 1.58 bits per heavy atom. The fourth-order valence-corrected chi connectivity index (χ4v) is 2.91. The van der Waals surface area contributed by atoms with Gasteiger partial charge >= 0.3 is 0 Å². The van der Waals surface area contributed by atoms with Crippen LogP contribution < -0.4 is 0 Å². The lowest BCUT2D eigenvalue weighted by Gasteiger charge is -2.19. The molecule has 0 spiro atoms. The molecule has 1 aromatic rings. The van der Waals surface area contributed by atoms with Crippen LogP contribution in [0, 0.1) is 19.3 Å². The normalized spacial score (nSPS) is 10.6. The Morgan fingerprint density at radius 2 is 1.25 bits per heavy atom. The summed E-state index contributed by atoms with van der Waals surface area (Å²) in [7, 11) is 0. The molecule has 36 heavy (non-hydrogen) atoms. The minimum Gasteiger partial charge on any atom is -0.0955 e. The third-order valence-electron chi connectivity index (χ3n) is 5.33. The Balaban J connectivity index is -0.000000142. The van der Waals surface area contributed by atoms with Crippen molar-refractivity contribution in [1.29, 1.82) is 0 Å². The molecule has 0 amide bonds. The van der Waals surface area contributed by atoms with E-state index >= 15 is 0 Å². The van der Waals surface area contributed by atoms with Gasteiger partial charge in [0.1, 0.15) is 0 Å². The van der Waals surface area contributed by atoms with Gasteiger partial charge in [-0.25, -0.2) is 0 Å². The Kier molecular flexibility index (Phi) is 34.1.